The van der Waals surface area contributed by atoms with Crippen LogP contribution in [0.2, 0.25) is 0 Å². The lowest BCUT2D eigenvalue weighted by Gasteiger charge is -2.08. The standard InChI is InChI=1S/C16H23N3S/c1-11(2)9-17-10-14-15(12(3)4)19-16(20-14)13-7-5-6-8-18-13/h5-8,11-12,17H,9-10H2,1-4H3. The molecular formula is C16H23N3S. The Labute approximate surface area is 125 Å². The quantitative estimate of drug-likeness (QED) is 0.871. The van der Waals surface area contributed by atoms with Crippen LogP contribution in [0.15, 0.2) is 24.4 Å². The van der Waals surface area contributed by atoms with Gasteiger partial charge in [0.25, 0.3) is 0 Å². The number of thiazole rings is 1. The molecule has 0 aliphatic carbocycles. The van der Waals surface area contributed by atoms with E-state index in [2.05, 4.69) is 38.0 Å². The predicted molar refractivity (Wildman–Crippen MR) is 86.0 cm³/mol. The summed E-state index contributed by atoms with van der Waals surface area (Å²) in [6, 6.07) is 5.97. The van der Waals surface area contributed by atoms with Crippen LogP contribution in [0, 0.1) is 5.92 Å². The van der Waals surface area contributed by atoms with Gasteiger partial charge in [0, 0.05) is 17.6 Å². The molecule has 3 nitrogen and oxygen atoms in total. The molecule has 20 heavy (non-hydrogen) atoms. The van der Waals surface area contributed by atoms with E-state index < -0.39 is 0 Å². The minimum atomic E-state index is 0.444. The van der Waals surface area contributed by atoms with Crippen LogP contribution >= 0.6 is 11.3 Å². The van der Waals surface area contributed by atoms with Gasteiger partial charge < -0.3 is 5.32 Å². The first-order valence-corrected chi connectivity index (χ1v) is 8.01. The maximum Gasteiger partial charge on any atom is 0.142 e. The van der Waals surface area contributed by atoms with Gasteiger partial charge in [0.15, 0.2) is 0 Å². The third-order valence-electron chi connectivity index (χ3n) is 3.00. The van der Waals surface area contributed by atoms with E-state index in [9.17, 15) is 0 Å². The third kappa shape index (κ3) is 3.87. The summed E-state index contributed by atoms with van der Waals surface area (Å²) < 4.78 is 0. The van der Waals surface area contributed by atoms with Gasteiger partial charge in [-0.2, -0.15) is 0 Å². The second-order valence-corrected chi connectivity index (χ2v) is 6.81. The zero-order chi connectivity index (χ0) is 14.5. The molecule has 0 bridgehead atoms. The average molecular weight is 289 g/mol. The molecule has 0 amide bonds. The Bertz CT molecular complexity index is 532. The van der Waals surface area contributed by atoms with Crippen LogP contribution in [0.3, 0.4) is 0 Å². The Morgan fingerprint density at radius 1 is 1.20 bits per heavy atom. The van der Waals surface area contributed by atoms with E-state index in [0.717, 1.165) is 23.8 Å². The van der Waals surface area contributed by atoms with Crippen molar-refractivity contribution in [2.24, 2.45) is 5.92 Å². The molecule has 0 aromatic carbocycles. The number of pyridine rings is 1. The summed E-state index contributed by atoms with van der Waals surface area (Å²) in [5, 5.41) is 4.53. The average Bonchev–Trinajstić information content (AvgIpc) is 2.84. The van der Waals surface area contributed by atoms with Gasteiger partial charge in [0.1, 0.15) is 5.01 Å². The first kappa shape index (κ1) is 15.1. The second-order valence-electron chi connectivity index (χ2n) is 5.72. The van der Waals surface area contributed by atoms with Gasteiger partial charge in [-0.1, -0.05) is 33.8 Å². The van der Waals surface area contributed by atoms with Crippen LogP contribution in [-0.2, 0) is 6.54 Å². The van der Waals surface area contributed by atoms with Crippen molar-refractivity contribution in [2.45, 2.75) is 40.2 Å². The van der Waals surface area contributed by atoms with Crippen molar-refractivity contribution in [1.82, 2.24) is 15.3 Å². The van der Waals surface area contributed by atoms with E-state index in [4.69, 9.17) is 4.98 Å². The Morgan fingerprint density at radius 3 is 2.60 bits per heavy atom. The molecule has 0 aliphatic heterocycles. The fourth-order valence-corrected chi connectivity index (χ4v) is 3.18. The van der Waals surface area contributed by atoms with E-state index in [0.29, 0.717) is 11.8 Å². The normalized spacial score (nSPS) is 11.5. The van der Waals surface area contributed by atoms with Crippen molar-refractivity contribution in [2.75, 3.05) is 6.54 Å². The van der Waals surface area contributed by atoms with Crippen LogP contribution in [0.4, 0.5) is 0 Å². The topological polar surface area (TPSA) is 37.8 Å². The lowest BCUT2D eigenvalue weighted by atomic mass is 10.1. The number of hydrogen-bond acceptors (Lipinski definition) is 4. The summed E-state index contributed by atoms with van der Waals surface area (Å²) in [5.41, 5.74) is 2.17. The molecule has 0 saturated heterocycles. The number of nitrogens with one attached hydrogen (secondary N) is 1. The second kappa shape index (κ2) is 6.95. The Kier molecular flexibility index (Phi) is 5.26. The smallest absolute Gasteiger partial charge is 0.142 e. The first-order chi connectivity index (χ1) is 9.58. The molecule has 0 unspecified atom stereocenters. The van der Waals surface area contributed by atoms with Gasteiger partial charge in [-0.3, -0.25) is 4.98 Å². The highest BCUT2D eigenvalue weighted by Crippen LogP contribution is 2.30. The summed E-state index contributed by atoms with van der Waals surface area (Å²) >= 11 is 1.76. The summed E-state index contributed by atoms with van der Waals surface area (Å²) in [7, 11) is 0. The van der Waals surface area contributed by atoms with Gasteiger partial charge in [-0.25, -0.2) is 4.98 Å². The van der Waals surface area contributed by atoms with Crippen molar-refractivity contribution < 1.29 is 0 Å². The minimum Gasteiger partial charge on any atom is -0.312 e. The lowest BCUT2D eigenvalue weighted by Crippen LogP contribution is -2.19. The molecule has 2 heterocycles. The predicted octanol–water partition coefficient (Wildman–Crippen LogP) is 4.07. The van der Waals surface area contributed by atoms with Crippen LogP contribution < -0.4 is 5.32 Å². The van der Waals surface area contributed by atoms with Crippen molar-refractivity contribution >= 4 is 11.3 Å². The maximum atomic E-state index is 4.79. The van der Waals surface area contributed by atoms with Gasteiger partial charge in [0.2, 0.25) is 0 Å². The molecule has 0 fully saturated rings. The van der Waals surface area contributed by atoms with Crippen molar-refractivity contribution in [3.8, 4) is 10.7 Å². The molecule has 2 aromatic rings. The van der Waals surface area contributed by atoms with Crippen LogP contribution in [-0.4, -0.2) is 16.5 Å². The fraction of sp³-hybridized carbons (Fsp3) is 0.500. The van der Waals surface area contributed by atoms with E-state index >= 15 is 0 Å². The zero-order valence-electron chi connectivity index (χ0n) is 12.7. The van der Waals surface area contributed by atoms with E-state index in [1.807, 2.05) is 24.4 Å². The molecular weight excluding hydrogens is 266 g/mol. The summed E-state index contributed by atoms with van der Waals surface area (Å²) in [5.74, 6) is 1.11. The van der Waals surface area contributed by atoms with Crippen LogP contribution in [0.25, 0.3) is 10.7 Å². The zero-order valence-corrected chi connectivity index (χ0v) is 13.5. The summed E-state index contributed by atoms with van der Waals surface area (Å²) in [4.78, 5) is 10.5. The van der Waals surface area contributed by atoms with E-state index in [1.165, 1.54) is 10.6 Å². The lowest BCUT2D eigenvalue weighted by molar-refractivity contribution is 0.552. The highest BCUT2D eigenvalue weighted by molar-refractivity contribution is 7.15. The Hall–Kier alpha value is -1.26. The molecule has 108 valence electrons. The largest absolute Gasteiger partial charge is 0.312 e. The number of aromatic nitrogens is 2. The molecule has 0 radical (unpaired) electrons. The molecule has 2 aromatic heterocycles. The third-order valence-corrected chi connectivity index (χ3v) is 4.09. The molecule has 4 heteroatoms. The molecule has 1 N–H and O–H groups in total. The first-order valence-electron chi connectivity index (χ1n) is 7.19. The monoisotopic (exact) mass is 289 g/mol. The van der Waals surface area contributed by atoms with Gasteiger partial charge in [0.05, 0.1) is 11.4 Å². The van der Waals surface area contributed by atoms with Gasteiger partial charge in [-0.15, -0.1) is 11.3 Å². The maximum absolute atomic E-state index is 4.79. The minimum absolute atomic E-state index is 0.444. The highest BCUT2D eigenvalue weighted by Gasteiger charge is 2.15. The van der Waals surface area contributed by atoms with Crippen molar-refractivity contribution in [3.05, 3.63) is 35.0 Å². The Morgan fingerprint density at radius 2 is 2.00 bits per heavy atom. The molecule has 0 saturated carbocycles. The summed E-state index contributed by atoms with van der Waals surface area (Å²) in [6.07, 6.45) is 1.82. The van der Waals surface area contributed by atoms with E-state index in [-0.39, 0.29) is 0 Å². The Balaban J connectivity index is 2.20. The van der Waals surface area contributed by atoms with Crippen LogP contribution in [0.1, 0.15) is 44.2 Å². The molecule has 0 spiro atoms. The van der Waals surface area contributed by atoms with Gasteiger partial charge in [-0.05, 0) is 30.5 Å². The summed E-state index contributed by atoms with van der Waals surface area (Å²) in [6.45, 7) is 10.8. The molecule has 0 aliphatic rings. The molecule has 0 atom stereocenters. The van der Waals surface area contributed by atoms with Crippen LogP contribution in [0.5, 0.6) is 0 Å². The van der Waals surface area contributed by atoms with Crippen molar-refractivity contribution in [1.29, 1.82) is 0 Å². The molecule has 2 rings (SSSR count). The number of hydrogen-bond donors (Lipinski definition) is 1. The van der Waals surface area contributed by atoms with Crippen molar-refractivity contribution in [3.63, 3.8) is 0 Å². The SMILES string of the molecule is CC(C)CNCc1sc(-c2ccccn2)nc1C(C)C. The van der Waals surface area contributed by atoms with E-state index in [1.54, 1.807) is 11.3 Å². The number of nitrogens with zero attached hydrogens (tertiary/aromatic N) is 2. The fourth-order valence-electron chi connectivity index (χ4n) is 2.01. The van der Waals surface area contributed by atoms with Gasteiger partial charge >= 0.3 is 0 Å². The number of rotatable bonds is 6. The highest BCUT2D eigenvalue weighted by atomic mass is 32.1.